The Morgan fingerprint density at radius 1 is 0.486 bits per heavy atom. The average Bonchev–Trinajstić information content (AvgIpc) is 3.33. The summed E-state index contributed by atoms with van der Waals surface area (Å²) in [4.78, 5) is 25.6. The van der Waals surface area contributed by atoms with Crippen molar-refractivity contribution < 1.29 is 56.8 Å². The van der Waals surface area contributed by atoms with E-state index in [4.69, 9.17) is 18.9 Å². The lowest BCUT2D eigenvalue weighted by Crippen LogP contribution is -2.60. The van der Waals surface area contributed by atoms with Crippen LogP contribution < -0.4 is 0 Å². The minimum Gasteiger partial charge on any atom is -0.462 e. The Kier molecular flexibility index (Phi) is 43.9. The van der Waals surface area contributed by atoms with E-state index in [0.717, 1.165) is 44.9 Å². The smallest absolute Gasteiger partial charge is 0.306 e. The van der Waals surface area contributed by atoms with Gasteiger partial charge in [0.25, 0.3) is 10.1 Å². The summed E-state index contributed by atoms with van der Waals surface area (Å²) in [6, 6.07) is 0. The number of esters is 2. The van der Waals surface area contributed by atoms with Crippen LogP contribution in [0.1, 0.15) is 258 Å². The van der Waals surface area contributed by atoms with Crippen LogP contribution in [0, 0.1) is 0 Å². The maximum absolute atomic E-state index is 12.9. The lowest BCUT2D eigenvalue weighted by molar-refractivity contribution is -0.297. The number of unbranched alkanes of at least 4 members (excludes halogenated alkanes) is 31. The second-order valence-corrected chi connectivity index (χ2v) is 21.4. The molecule has 1 aliphatic rings. The molecule has 1 rings (SSSR count). The molecule has 1 aliphatic heterocycles. The molecule has 70 heavy (non-hydrogen) atoms. The summed E-state index contributed by atoms with van der Waals surface area (Å²) in [5, 5.41) is 31.0. The standard InChI is InChI=1S/C57H104O12S/c1-3-5-7-9-11-13-15-17-19-21-23-24-25-26-28-30-32-34-36-38-40-42-44-46-53(59)68-50(48-67-57-56(62)55(61)54(60)51(69-57)49-70(63,64)65)47-66-52(58)45-43-41-39-37-35-33-31-29-27-22-20-18-16-14-12-10-8-6-4-2/h12,14,18,20,38,40,50-51,54-57,60-62H,3-11,13,15-17,19,21-37,39,41-49H2,1-2H3,(H,63,64,65)/b14-12+,20-18+,40-38+/t50-,51-,54-,55?,56?,57+/m1/s1. The monoisotopic (exact) mass is 1010 g/mol. The van der Waals surface area contributed by atoms with E-state index in [1.807, 2.05) is 0 Å². The molecule has 0 aliphatic carbocycles. The molecule has 0 aromatic rings. The van der Waals surface area contributed by atoms with E-state index in [1.165, 1.54) is 167 Å². The molecule has 0 spiro atoms. The van der Waals surface area contributed by atoms with Crippen molar-refractivity contribution in [3.63, 3.8) is 0 Å². The lowest BCUT2D eigenvalue weighted by atomic mass is 10.00. The van der Waals surface area contributed by atoms with Crippen molar-refractivity contribution in [1.29, 1.82) is 0 Å². The van der Waals surface area contributed by atoms with Gasteiger partial charge in [-0.05, 0) is 64.2 Å². The molecule has 12 nitrogen and oxygen atoms in total. The fraction of sp³-hybridized carbons (Fsp3) is 0.860. The van der Waals surface area contributed by atoms with Crippen molar-refractivity contribution in [2.24, 2.45) is 0 Å². The maximum Gasteiger partial charge on any atom is 0.306 e. The van der Waals surface area contributed by atoms with Crippen LogP contribution in [0.3, 0.4) is 0 Å². The van der Waals surface area contributed by atoms with E-state index in [2.05, 4.69) is 50.3 Å². The predicted molar refractivity (Wildman–Crippen MR) is 284 cm³/mol. The second kappa shape index (κ2) is 46.6. The number of carbonyl (C=O) groups is 2. The fourth-order valence-electron chi connectivity index (χ4n) is 8.77. The summed E-state index contributed by atoms with van der Waals surface area (Å²) >= 11 is 0. The number of hydrogen-bond acceptors (Lipinski definition) is 11. The molecule has 410 valence electrons. The number of ether oxygens (including phenoxy) is 4. The minimum absolute atomic E-state index is 0.118. The summed E-state index contributed by atoms with van der Waals surface area (Å²) in [6.07, 6.45) is 47.7. The number of allylic oxidation sites excluding steroid dienone is 6. The van der Waals surface area contributed by atoms with E-state index in [0.29, 0.717) is 19.3 Å². The van der Waals surface area contributed by atoms with E-state index in [1.54, 1.807) is 0 Å². The van der Waals surface area contributed by atoms with Crippen molar-refractivity contribution in [1.82, 2.24) is 0 Å². The first-order valence-corrected chi connectivity index (χ1v) is 30.2. The van der Waals surface area contributed by atoms with Gasteiger partial charge in [-0.15, -0.1) is 0 Å². The minimum atomic E-state index is -4.61. The molecule has 1 saturated heterocycles. The molecule has 0 aromatic heterocycles. The molecule has 0 amide bonds. The van der Waals surface area contributed by atoms with Gasteiger partial charge in [0.15, 0.2) is 12.4 Å². The Labute approximate surface area is 427 Å². The number of hydrogen-bond donors (Lipinski definition) is 4. The van der Waals surface area contributed by atoms with Crippen LogP contribution in [0.4, 0.5) is 0 Å². The molecule has 0 radical (unpaired) electrons. The number of rotatable bonds is 49. The highest BCUT2D eigenvalue weighted by atomic mass is 32.2. The molecule has 6 atom stereocenters. The van der Waals surface area contributed by atoms with Crippen LogP contribution in [-0.2, 0) is 38.7 Å². The van der Waals surface area contributed by atoms with Gasteiger partial charge in [0.1, 0.15) is 36.8 Å². The Hall–Kier alpha value is -2.13. The van der Waals surface area contributed by atoms with E-state index >= 15 is 0 Å². The average molecular weight is 1010 g/mol. The van der Waals surface area contributed by atoms with Gasteiger partial charge in [0.05, 0.1) is 6.61 Å². The highest BCUT2D eigenvalue weighted by molar-refractivity contribution is 7.85. The highest BCUT2D eigenvalue weighted by Crippen LogP contribution is 2.24. The summed E-state index contributed by atoms with van der Waals surface area (Å²) in [7, 11) is -4.61. The van der Waals surface area contributed by atoms with Gasteiger partial charge in [0, 0.05) is 12.8 Å². The third-order valence-corrected chi connectivity index (χ3v) is 13.9. The van der Waals surface area contributed by atoms with Gasteiger partial charge < -0.3 is 34.3 Å². The van der Waals surface area contributed by atoms with E-state index < -0.39 is 71.2 Å². The first kappa shape index (κ1) is 65.9. The van der Waals surface area contributed by atoms with Crippen LogP contribution in [-0.4, -0.2) is 96.0 Å². The Bertz CT molecular complexity index is 1420. The van der Waals surface area contributed by atoms with Crippen LogP contribution in [0.25, 0.3) is 0 Å². The molecule has 0 aromatic carbocycles. The molecular weight excluding hydrogens is 909 g/mol. The zero-order valence-corrected chi connectivity index (χ0v) is 45.2. The van der Waals surface area contributed by atoms with Gasteiger partial charge in [-0.1, -0.05) is 217 Å². The molecule has 0 saturated carbocycles. The maximum atomic E-state index is 12.9. The third-order valence-electron chi connectivity index (χ3n) is 13.2. The van der Waals surface area contributed by atoms with Crippen LogP contribution in [0.5, 0.6) is 0 Å². The molecule has 4 N–H and O–H groups in total. The molecule has 13 heteroatoms. The molecule has 1 heterocycles. The Balaban J connectivity index is 2.33. The van der Waals surface area contributed by atoms with E-state index in [9.17, 15) is 37.9 Å². The van der Waals surface area contributed by atoms with Crippen molar-refractivity contribution in [3.05, 3.63) is 36.5 Å². The van der Waals surface area contributed by atoms with Gasteiger partial charge in [-0.2, -0.15) is 8.42 Å². The topological polar surface area (TPSA) is 186 Å². The van der Waals surface area contributed by atoms with Gasteiger partial charge in [0.2, 0.25) is 0 Å². The number of aliphatic hydroxyl groups is 3. The molecule has 1 fully saturated rings. The quantitative estimate of drug-likeness (QED) is 0.0196. The SMILES string of the molecule is CCCCC/C=C/C/C=C/CCCCCCCCCCCC(=O)OC[C@H](CO[C@H]1O[C@H](CS(=O)(=O)O)[C@@H](O)C(O)C1O)OC(=O)CCC/C=C/CCCCCCCCCCCCCCCCCCCC. The normalized spacial score (nSPS) is 19.2. The third kappa shape index (κ3) is 40.4. The first-order valence-electron chi connectivity index (χ1n) is 28.5. The van der Waals surface area contributed by atoms with Crippen molar-refractivity contribution >= 4 is 22.1 Å². The fourth-order valence-corrected chi connectivity index (χ4v) is 9.46. The zero-order valence-electron chi connectivity index (χ0n) is 44.4. The Morgan fingerprint density at radius 2 is 0.871 bits per heavy atom. The predicted octanol–water partition coefficient (Wildman–Crippen LogP) is 13.7. The van der Waals surface area contributed by atoms with Gasteiger partial charge in [-0.3, -0.25) is 14.1 Å². The summed E-state index contributed by atoms with van der Waals surface area (Å²) < 4.78 is 54.3. The zero-order chi connectivity index (χ0) is 51.2. The molecular formula is C57H104O12S. The van der Waals surface area contributed by atoms with Crippen molar-refractivity contribution in [2.75, 3.05) is 19.0 Å². The highest BCUT2D eigenvalue weighted by Gasteiger charge is 2.46. The van der Waals surface area contributed by atoms with Crippen LogP contribution in [0.2, 0.25) is 0 Å². The van der Waals surface area contributed by atoms with Crippen molar-refractivity contribution in [2.45, 2.75) is 295 Å². The summed E-state index contributed by atoms with van der Waals surface area (Å²) in [5.41, 5.74) is 0. The second-order valence-electron chi connectivity index (χ2n) is 19.9. The van der Waals surface area contributed by atoms with Gasteiger partial charge in [-0.25, -0.2) is 0 Å². The van der Waals surface area contributed by atoms with E-state index in [-0.39, 0.29) is 19.4 Å². The van der Waals surface area contributed by atoms with Crippen LogP contribution in [0.15, 0.2) is 36.5 Å². The number of carbonyl (C=O) groups excluding carboxylic acids is 2. The first-order chi connectivity index (χ1) is 34.0. The van der Waals surface area contributed by atoms with Crippen LogP contribution >= 0.6 is 0 Å². The Morgan fingerprint density at radius 3 is 1.34 bits per heavy atom. The van der Waals surface area contributed by atoms with Gasteiger partial charge >= 0.3 is 11.9 Å². The summed E-state index contributed by atoms with van der Waals surface area (Å²) in [6.45, 7) is 3.76. The summed E-state index contributed by atoms with van der Waals surface area (Å²) in [5.74, 6) is -2.02. The molecule has 0 bridgehead atoms. The number of aliphatic hydroxyl groups excluding tert-OH is 3. The largest absolute Gasteiger partial charge is 0.462 e. The van der Waals surface area contributed by atoms with Crippen molar-refractivity contribution in [3.8, 4) is 0 Å². The lowest BCUT2D eigenvalue weighted by Gasteiger charge is -2.40. The molecule has 2 unspecified atom stereocenters.